The molecule has 3 rings (SSSR count). The van der Waals surface area contributed by atoms with Gasteiger partial charge in [0.25, 0.3) is 10.0 Å². The zero-order valence-electron chi connectivity index (χ0n) is 23.4. The van der Waals surface area contributed by atoms with Crippen LogP contribution in [0.5, 0.6) is 5.75 Å². The number of amides is 2. The first-order valence-electron chi connectivity index (χ1n) is 13.0. The van der Waals surface area contributed by atoms with E-state index in [4.69, 9.17) is 4.74 Å². The number of sulfonamides is 1. The molecule has 1 atom stereocenters. The van der Waals surface area contributed by atoms with E-state index in [1.807, 2.05) is 20.8 Å². The molecule has 1 N–H and O–H groups in total. The van der Waals surface area contributed by atoms with Crippen molar-refractivity contribution in [1.82, 2.24) is 10.2 Å². The van der Waals surface area contributed by atoms with Crippen molar-refractivity contribution >= 4 is 27.5 Å². The smallest absolute Gasteiger partial charge is 0.264 e. The number of aryl methyl sites for hydroxylation is 1. The van der Waals surface area contributed by atoms with E-state index in [2.05, 4.69) is 5.32 Å². The Morgan fingerprint density at radius 1 is 0.950 bits per heavy atom. The number of benzene rings is 3. The molecule has 0 aliphatic rings. The van der Waals surface area contributed by atoms with Gasteiger partial charge in [-0.2, -0.15) is 0 Å². The van der Waals surface area contributed by atoms with Crippen LogP contribution in [0.1, 0.15) is 38.3 Å². The minimum Gasteiger partial charge on any atom is -0.497 e. The van der Waals surface area contributed by atoms with Crippen LogP contribution in [0.25, 0.3) is 0 Å². The molecule has 0 heterocycles. The average molecular weight is 570 g/mol. The molecule has 0 aromatic heterocycles. The van der Waals surface area contributed by atoms with Crippen molar-refractivity contribution in [3.8, 4) is 5.75 Å². The van der Waals surface area contributed by atoms with Crippen LogP contribution in [-0.2, 0) is 26.2 Å². The van der Waals surface area contributed by atoms with Gasteiger partial charge in [-0.25, -0.2) is 12.8 Å². The lowest BCUT2D eigenvalue weighted by atomic mass is 10.1. The summed E-state index contributed by atoms with van der Waals surface area (Å²) in [7, 11) is -2.67. The van der Waals surface area contributed by atoms with E-state index in [-0.39, 0.29) is 29.1 Å². The predicted molar refractivity (Wildman–Crippen MR) is 153 cm³/mol. The molecule has 0 spiro atoms. The van der Waals surface area contributed by atoms with Crippen LogP contribution < -0.4 is 14.4 Å². The summed E-state index contributed by atoms with van der Waals surface area (Å²) < 4.78 is 47.6. The third-order valence-electron chi connectivity index (χ3n) is 6.33. The van der Waals surface area contributed by atoms with E-state index in [1.54, 1.807) is 43.3 Å². The Morgan fingerprint density at radius 2 is 1.55 bits per heavy atom. The summed E-state index contributed by atoms with van der Waals surface area (Å²) in [5, 5.41) is 2.84. The highest BCUT2D eigenvalue weighted by Crippen LogP contribution is 2.27. The number of anilines is 1. The predicted octanol–water partition coefficient (Wildman–Crippen LogP) is 4.67. The van der Waals surface area contributed by atoms with Crippen LogP contribution in [0.3, 0.4) is 0 Å². The number of nitrogens with one attached hydrogen (secondary N) is 1. The van der Waals surface area contributed by atoms with Crippen molar-refractivity contribution in [1.29, 1.82) is 0 Å². The third kappa shape index (κ3) is 7.59. The highest BCUT2D eigenvalue weighted by atomic mass is 32.2. The molecule has 0 saturated heterocycles. The maximum absolute atomic E-state index is 14.0. The van der Waals surface area contributed by atoms with Gasteiger partial charge in [0, 0.05) is 12.6 Å². The van der Waals surface area contributed by atoms with E-state index < -0.39 is 34.3 Å². The molecule has 214 valence electrons. The van der Waals surface area contributed by atoms with Crippen molar-refractivity contribution in [2.24, 2.45) is 0 Å². The fraction of sp³-hybridized carbons (Fsp3) is 0.333. The molecule has 3 aromatic carbocycles. The normalized spacial score (nSPS) is 12.1. The lowest BCUT2D eigenvalue weighted by Gasteiger charge is -2.33. The maximum Gasteiger partial charge on any atom is 0.264 e. The van der Waals surface area contributed by atoms with Crippen LogP contribution >= 0.6 is 0 Å². The monoisotopic (exact) mass is 569 g/mol. The highest BCUT2D eigenvalue weighted by Gasteiger charge is 2.33. The van der Waals surface area contributed by atoms with Crippen LogP contribution in [0.15, 0.2) is 77.7 Å². The number of ether oxygens (including phenoxy) is 1. The van der Waals surface area contributed by atoms with Gasteiger partial charge in [0.1, 0.15) is 24.2 Å². The average Bonchev–Trinajstić information content (AvgIpc) is 2.92. The Morgan fingerprint density at radius 3 is 2.08 bits per heavy atom. The first-order chi connectivity index (χ1) is 19.0. The zero-order chi connectivity index (χ0) is 29.4. The molecule has 0 saturated carbocycles. The van der Waals surface area contributed by atoms with E-state index in [1.165, 1.54) is 48.4 Å². The number of nitrogens with zero attached hydrogens (tertiary/aromatic N) is 2. The number of carbonyl (C=O) groups is 2. The van der Waals surface area contributed by atoms with Gasteiger partial charge in [0.15, 0.2) is 0 Å². The second-order valence-electron chi connectivity index (χ2n) is 9.76. The molecule has 3 aromatic rings. The molecule has 0 aliphatic carbocycles. The Bertz CT molecular complexity index is 1390. The van der Waals surface area contributed by atoms with Crippen LogP contribution in [0.2, 0.25) is 0 Å². The topological polar surface area (TPSA) is 96.0 Å². The Balaban J connectivity index is 2.06. The minimum atomic E-state index is -4.17. The SMILES string of the molecule is CCC(C(=O)NC(C)C)N(Cc1ccc(F)cc1)C(=O)CN(c1ccc(OC)cc1)S(=O)(=O)c1ccc(C)cc1. The molecule has 8 nitrogen and oxygen atoms in total. The van der Waals surface area contributed by atoms with E-state index >= 15 is 0 Å². The van der Waals surface area contributed by atoms with Crippen molar-refractivity contribution < 1.29 is 27.1 Å². The van der Waals surface area contributed by atoms with Gasteiger partial charge < -0.3 is 15.0 Å². The quantitative estimate of drug-likeness (QED) is 0.342. The number of hydrogen-bond acceptors (Lipinski definition) is 5. The van der Waals surface area contributed by atoms with Gasteiger partial charge in [0.2, 0.25) is 11.8 Å². The van der Waals surface area contributed by atoms with Gasteiger partial charge in [0.05, 0.1) is 17.7 Å². The Labute approximate surface area is 235 Å². The molecular weight excluding hydrogens is 533 g/mol. The minimum absolute atomic E-state index is 0.00975. The molecule has 40 heavy (non-hydrogen) atoms. The van der Waals surface area contributed by atoms with Crippen molar-refractivity contribution in [3.05, 3.63) is 89.7 Å². The van der Waals surface area contributed by atoms with Gasteiger partial charge in [-0.3, -0.25) is 13.9 Å². The van der Waals surface area contributed by atoms with Gasteiger partial charge in [-0.15, -0.1) is 0 Å². The molecule has 0 aliphatic heterocycles. The lowest BCUT2D eigenvalue weighted by Crippen LogP contribution is -2.53. The van der Waals surface area contributed by atoms with Crippen LogP contribution in [0.4, 0.5) is 10.1 Å². The number of hydrogen-bond donors (Lipinski definition) is 1. The fourth-order valence-electron chi connectivity index (χ4n) is 4.20. The molecule has 0 radical (unpaired) electrons. The molecule has 10 heteroatoms. The molecule has 0 fully saturated rings. The van der Waals surface area contributed by atoms with Gasteiger partial charge >= 0.3 is 0 Å². The van der Waals surface area contributed by atoms with Crippen LogP contribution in [0, 0.1) is 12.7 Å². The summed E-state index contributed by atoms with van der Waals surface area (Å²) in [6, 6.07) is 17.3. The molecular formula is C30H36FN3O5S. The summed E-state index contributed by atoms with van der Waals surface area (Å²) in [6.45, 7) is 6.69. The summed E-state index contributed by atoms with van der Waals surface area (Å²) in [6.07, 6.45) is 0.290. The van der Waals surface area contributed by atoms with E-state index in [9.17, 15) is 22.4 Å². The molecule has 1 unspecified atom stereocenters. The number of rotatable bonds is 12. The summed E-state index contributed by atoms with van der Waals surface area (Å²) in [5.74, 6) is -0.842. The Kier molecular flexibility index (Phi) is 10.3. The molecule has 0 bridgehead atoms. The van der Waals surface area contributed by atoms with Crippen molar-refractivity contribution in [2.75, 3.05) is 18.0 Å². The summed E-state index contributed by atoms with van der Waals surface area (Å²) in [5.41, 5.74) is 1.75. The third-order valence-corrected chi connectivity index (χ3v) is 8.12. The van der Waals surface area contributed by atoms with E-state index in [0.29, 0.717) is 17.7 Å². The standard InChI is InChI=1S/C30H36FN3O5S/c1-6-28(30(36)32-21(2)3)33(19-23-9-11-24(31)12-10-23)29(35)20-34(25-13-15-26(39-5)16-14-25)40(37,38)27-17-7-22(4)8-18-27/h7-18,21,28H,6,19-20H2,1-5H3,(H,32,36). The maximum atomic E-state index is 14.0. The second-order valence-corrected chi connectivity index (χ2v) is 11.6. The number of halogens is 1. The van der Waals surface area contributed by atoms with E-state index in [0.717, 1.165) is 9.87 Å². The lowest BCUT2D eigenvalue weighted by molar-refractivity contribution is -0.140. The summed E-state index contributed by atoms with van der Waals surface area (Å²) >= 11 is 0. The zero-order valence-corrected chi connectivity index (χ0v) is 24.2. The first kappa shape index (κ1) is 30.6. The summed E-state index contributed by atoms with van der Waals surface area (Å²) in [4.78, 5) is 28.5. The highest BCUT2D eigenvalue weighted by molar-refractivity contribution is 7.92. The molecule has 2 amide bonds. The Hall–Kier alpha value is -3.92. The number of methoxy groups -OCH3 is 1. The number of carbonyl (C=O) groups excluding carboxylic acids is 2. The van der Waals surface area contributed by atoms with Gasteiger partial charge in [-0.1, -0.05) is 36.8 Å². The van der Waals surface area contributed by atoms with Crippen molar-refractivity contribution in [3.63, 3.8) is 0 Å². The van der Waals surface area contributed by atoms with Crippen LogP contribution in [-0.4, -0.2) is 50.9 Å². The van der Waals surface area contributed by atoms with Gasteiger partial charge in [-0.05, 0) is 81.3 Å². The van der Waals surface area contributed by atoms with Crippen molar-refractivity contribution in [2.45, 2.75) is 57.6 Å². The fourth-order valence-corrected chi connectivity index (χ4v) is 5.62. The second kappa shape index (κ2) is 13.4. The first-order valence-corrected chi connectivity index (χ1v) is 14.5. The largest absolute Gasteiger partial charge is 0.497 e.